The van der Waals surface area contributed by atoms with E-state index in [9.17, 15) is 4.79 Å². The van der Waals surface area contributed by atoms with Crippen LogP contribution in [0.3, 0.4) is 0 Å². The van der Waals surface area contributed by atoms with E-state index in [1.807, 2.05) is 40.9 Å². The number of rotatable bonds is 7. The highest BCUT2D eigenvalue weighted by Gasteiger charge is 2.21. The van der Waals surface area contributed by atoms with Crippen molar-refractivity contribution in [2.45, 2.75) is 6.54 Å². The van der Waals surface area contributed by atoms with Crippen molar-refractivity contribution < 1.29 is 4.74 Å². The van der Waals surface area contributed by atoms with E-state index >= 15 is 0 Å². The zero-order chi connectivity index (χ0) is 19.0. The van der Waals surface area contributed by atoms with Crippen LogP contribution in [0, 0.1) is 0 Å². The highest BCUT2D eigenvalue weighted by Crippen LogP contribution is 2.32. The number of pyridine rings is 1. The lowest BCUT2D eigenvalue weighted by molar-refractivity contribution is 0.296. The predicted octanol–water partition coefficient (Wildman–Crippen LogP) is 3.73. The summed E-state index contributed by atoms with van der Waals surface area (Å²) in [6.45, 7) is 2.06. The molecule has 0 atom stereocenters. The third-order valence-corrected chi connectivity index (χ3v) is 5.22. The van der Waals surface area contributed by atoms with Gasteiger partial charge < -0.3 is 4.74 Å². The Kier molecular flexibility index (Phi) is 5.08. The number of halogens is 2. The van der Waals surface area contributed by atoms with Crippen LogP contribution >= 0.6 is 23.2 Å². The molecule has 27 heavy (non-hydrogen) atoms. The largest absolute Gasteiger partial charge is 0.496 e. The van der Waals surface area contributed by atoms with Crippen molar-refractivity contribution in [3.05, 3.63) is 52.3 Å². The van der Waals surface area contributed by atoms with E-state index in [0.717, 1.165) is 35.2 Å². The van der Waals surface area contributed by atoms with Crippen LogP contribution in [-0.4, -0.2) is 46.5 Å². The first-order valence-electron chi connectivity index (χ1n) is 8.76. The van der Waals surface area contributed by atoms with Crippen LogP contribution in [0.5, 0.6) is 5.75 Å². The maximum Gasteiger partial charge on any atom is 0.201 e. The molecule has 0 saturated heterocycles. The molecule has 0 fully saturated rings. The summed E-state index contributed by atoms with van der Waals surface area (Å²) in [5.74, 6) is 1.61. The number of fused-ring (bicyclic) bond motifs is 2. The van der Waals surface area contributed by atoms with Gasteiger partial charge in [-0.15, -0.1) is 23.2 Å². The van der Waals surface area contributed by atoms with Gasteiger partial charge in [0.1, 0.15) is 5.75 Å². The second-order valence-corrected chi connectivity index (χ2v) is 7.15. The Labute approximate surface area is 166 Å². The number of methoxy groups -OCH3 is 1. The van der Waals surface area contributed by atoms with E-state index in [2.05, 4.69) is 4.90 Å². The minimum Gasteiger partial charge on any atom is -0.496 e. The van der Waals surface area contributed by atoms with Crippen LogP contribution in [0.25, 0.3) is 27.2 Å². The fraction of sp³-hybridized carbons (Fsp3) is 0.300. The highest BCUT2D eigenvalue weighted by atomic mass is 35.5. The van der Waals surface area contributed by atoms with E-state index in [1.165, 1.54) is 0 Å². The number of benzene rings is 2. The van der Waals surface area contributed by atoms with Gasteiger partial charge in [0, 0.05) is 42.2 Å². The molecular weight excluding hydrogens is 385 g/mol. The molecule has 0 saturated carbocycles. The number of aromatic nitrogens is 2. The molecule has 0 aliphatic heterocycles. The Morgan fingerprint density at radius 2 is 1.81 bits per heavy atom. The number of hydrogen-bond donors (Lipinski definition) is 0. The Morgan fingerprint density at radius 3 is 2.52 bits per heavy atom. The lowest BCUT2D eigenvalue weighted by atomic mass is 10.1. The second kappa shape index (κ2) is 7.50. The molecule has 7 heteroatoms. The van der Waals surface area contributed by atoms with Crippen molar-refractivity contribution in [1.82, 2.24) is 14.5 Å². The summed E-state index contributed by atoms with van der Waals surface area (Å²) in [5.41, 5.74) is 2.45. The average Bonchev–Trinajstić information content (AvgIpc) is 3.05. The van der Waals surface area contributed by atoms with Gasteiger partial charge in [-0.25, -0.2) is 4.52 Å². The van der Waals surface area contributed by atoms with Gasteiger partial charge in [-0.1, -0.05) is 12.1 Å². The zero-order valence-electron chi connectivity index (χ0n) is 14.9. The molecule has 140 valence electrons. The van der Waals surface area contributed by atoms with E-state index in [4.69, 9.17) is 33.0 Å². The molecule has 0 aliphatic rings. The van der Waals surface area contributed by atoms with Gasteiger partial charge in [-0.2, -0.15) is 5.10 Å². The van der Waals surface area contributed by atoms with E-state index in [0.29, 0.717) is 34.8 Å². The molecule has 0 radical (unpaired) electrons. The van der Waals surface area contributed by atoms with Gasteiger partial charge in [0.2, 0.25) is 5.43 Å². The van der Waals surface area contributed by atoms with Crippen LogP contribution in [0.15, 0.2) is 41.2 Å². The number of para-hydroxylation sites is 1. The van der Waals surface area contributed by atoms with Gasteiger partial charge in [0.15, 0.2) is 0 Å². The first-order chi connectivity index (χ1) is 13.2. The molecule has 5 nitrogen and oxygen atoms in total. The summed E-state index contributed by atoms with van der Waals surface area (Å²) >= 11 is 11.9. The molecule has 0 aliphatic carbocycles. The minimum atomic E-state index is -0.0367. The van der Waals surface area contributed by atoms with Gasteiger partial charge in [0.25, 0.3) is 0 Å². The smallest absolute Gasteiger partial charge is 0.201 e. The van der Waals surface area contributed by atoms with E-state index in [-0.39, 0.29) is 5.43 Å². The summed E-state index contributed by atoms with van der Waals surface area (Å²) in [6.07, 6.45) is 0. The van der Waals surface area contributed by atoms with Gasteiger partial charge in [-0.3, -0.25) is 9.69 Å². The lowest BCUT2D eigenvalue weighted by Gasteiger charge is -2.18. The maximum atomic E-state index is 13.1. The topological polar surface area (TPSA) is 46.8 Å². The van der Waals surface area contributed by atoms with Crippen molar-refractivity contribution in [3.8, 4) is 5.75 Å². The van der Waals surface area contributed by atoms with Crippen LogP contribution in [0.4, 0.5) is 0 Å². The van der Waals surface area contributed by atoms with E-state index < -0.39 is 0 Å². The van der Waals surface area contributed by atoms with Gasteiger partial charge in [-0.05, 0) is 24.3 Å². The predicted molar refractivity (Wildman–Crippen MR) is 111 cm³/mol. The average molecular weight is 404 g/mol. The first kappa shape index (κ1) is 18.3. The second-order valence-electron chi connectivity index (χ2n) is 6.40. The Balaban J connectivity index is 2.03. The SMILES string of the molecule is COc1ccc2c(CN(CCCl)CCCl)nn3c4ccccc4c(=O)c1c23. The summed E-state index contributed by atoms with van der Waals surface area (Å²) in [7, 11) is 1.58. The minimum absolute atomic E-state index is 0.0367. The molecule has 0 amide bonds. The number of hydrogen-bond acceptors (Lipinski definition) is 4. The van der Waals surface area contributed by atoms with Crippen molar-refractivity contribution in [1.29, 1.82) is 0 Å². The van der Waals surface area contributed by atoms with Crippen LogP contribution in [0.1, 0.15) is 5.69 Å². The van der Waals surface area contributed by atoms with Crippen LogP contribution in [-0.2, 0) is 6.54 Å². The number of nitrogens with zero attached hydrogens (tertiary/aromatic N) is 3. The quantitative estimate of drug-likeness (QED) is 0.348. The fourth-order valence-corrected chi connectivity index (χ4v) is 4.11. The standard InChI is InChI=1S/C20H19Cl2N3O2/c1-27-17-7-6-13-15(12-24(10-8-21)11-9-22)23-25-16-5-3-2-4-14(16)20(26)18(17)19(13)25/h2-7H,8-12H2,1H3. The third-order valence-electron chi connectivity index (χ3n) is 4.88. The van der Waals surface area contributed by atoms with Crippen molar-refractivity contribution in [2.75, 3.05) is 32.0 Å². The molecule has 4 aromatic rings. The molecule has 2 heterocycles. The summed E-state index contributed by atoms with van der Waals surface area (Å²) in [5, 5.41) is 7.00. The monoisotopic (exact) mass is 403 g/mol. The third kappa shape index (κ3) is 3.00. The van der Waals surface area contributed by atoms with E-state index in [1.54, 1.807) is 7.11 Å². The summed E-state index contributed by atoms with van der Waals surface area (Å²) in [4.78, 5) is 15.3. The van der Waals surface area contributed by atoms with Gasteiger partial charge in [0.05, 0.1) is 29.2 Å². The zero-order valence-corrected chi connectivity index (χ0v) is 16.4. The van der Waals surface area contributed by atoms with Crippen molar-refractivity contribution >= 4 is 50.4 Å². The molecule has 0 unspecified atom stereocenters. The Hall–Kier alpha value is -2.08. The molecular formula is C20H19Cl2N3O2. The normalized spacial score (nSPS) is 12.0. The Morgan fingerprint density at radius 1 is 1.07 bits per heavy atom. The van der Waals surface area contributed by atoms with Gasteiger partial charge >= 0.3 is 0 Å². The molecule has 0 N–H and O–H groups in total. The number of alkyl halides is 2. The highest BCUT2D eigenvalue weighted by molar-refractivity contribution is 6.18. The Bertz CT molecular complexity index is 1150. The van der Waals surface area contributed by atoms with Crippen molar-refractivity contribution in [3.63, 3.8) is 0 Å². The number of ether oxygens (including phenoxy) is 1. The summed E-state index contributed by atoms with van der Waals surface area (Å²) in [6, 6.07) is 11.3. The molecule has 2 aromatic carbocycles. The van der Waals surface area contributed by atoms with Crippen LogP contribution in [0.2, 0.25) is 0 Å². The lowest BCUT2D eigenvalue weighted by Crippen LogP contribution is -2.27. The van der Waals surface area contributed by atoms with Crippen LogP contribution < -0.4 is 10.2 Å². The molecule has 0 spiro atoms. The first-order valence-corrected chi connectivity index (χ1v) is 9.83. The summed E-state index contributed by atoms with van der Waals surface area (Å²) < 4.78 is 7.34. The fourth-order valence-electron chi connectivity index (χ4n) is 3.64. The van der Waals surface area contributed by atoms with Crippen molar-refractivity contribution in [2.24, 2.45) is 0 Å². The maximum absolute atomic E-state index is 13.1. The molecule has 0 bridgehead atoms. The molecule has 4 rings (SSSR count). The molecule has 2 aromatic heterocycles.